The quantitative estimate of drug-likeness (QED) is 0.442. The highest BCUT2D eigenvalue weighted by molar-refractivity contribution is 5.93. The largest absolute Gasteiger partial charge is 0.478 e. The summed E-state index contributed by atoms with van der Waals surface area (Å²) in [5.41, 5.74) is 7.42. The average Bonchev–Trinajstić information content (AvgIpc) is 3.15. The van der Waals surface area contributed by atoms with Crippen LogP contribution in [0, 0.1) is 11.3 Å². The summed E-state index contributed by atoms with van der Waals surface area (Å²) >= 11 is 0. The van der Waals surface area contributed by atoms with E-state index in [1.807, 2.05) is 90.5 Å². The third kappa shape index (κ3) is 6.42. The highest BCUT2D eigenvalue weighted by atomic mass is 16.4. The van der Waals surface area contributed by atoms with Crippen LogP contribution < -0.4 is 11.1 Å². The number of hydrogen-bond donors (Lipinski definition) is 3. The zero-order valence-corrected chi connectivity index (χ0v) is 23.9. The molecule has 1 aromatic carbocycles. The van der Waals surface area contributed by atoms with Crippen molar-refractivity contribution >= 4 is 28.7 Å². The Kier molecular flexibility index (Phi) is 9.02. The minimum Gasteiger partial charge on any atom is -0.478 e. The normalized spacial score (nSPS) is 15.4. The minimum absolute atomic E-state index is 0.0351. The SMILES string of the molecule is C/C(=C\[C@H](C(C)C)N(C)C(=O)[C@@H](NC(=O)C(N)C(C)(C)c1cn(C)c2ccccc12)C(C)(C)C)C(=O)O. The second-order valence-electron chi connectivity index (χ2n) is 12.0. The first-order chi connectivity index (χ1) is 16.9. The molecule has 8 heteroatoms. The Labute approximate surface area is 220 Å². The molecule has 0 aliphatic carbocycles. The predicted molar refractivity (Wildman–Crippen MR) is 148 cm³/mol. The van der Waals surface area contributed by atoms with E-state index in [4.69, 9.17) is 5.73 Å². The van der Waals surface area contributed by atoms with Crippen LogP contribution in [0.2, 0.25) is 0 Å². The number of nitrogens with zero attached hydrogens (tertiary/aromatic N) is 2. The Balaban J connectivity index is 2.38. The van der Waals surface area contributed by atoms with E-state index in [1.165, 1.54) is 11.8 Å². The smallest absolute Gasteiger partial charge is 0.331 e. The van der Waals surface area contributed by atoms with Crippen LogP contribution in [0.15, 0.2) is 42.1 Å². The summed E-state index contributed by atoms with van der Waals surface area (Å²) in [6.07, 6.45) is 3.59. The summed E-state index contributed by atoms with van der Waals surface area (Å²) < 4.78 is 2.02. The maximum Gasteiger partial charge on any atom is 0.331 e. The van der Waals surface area contributed by atoms with Gasteiger partial charge >= 0.3 is 5.97 Å². The van der Waals surface area contributed by atoms with Gasteiger partial charge in [0.05, 0.1) is 12.1 Å². The molecule has 0 aliphatic heterocycles. The molecule has 0 bridgehead atoms. The van der Waals surface area contributed by atoms with E-state index < -0.39 is 40.8 Å². The van der Waals surface area contributed by atoms with Crippen molar-refractivity contribution in [2.75, 3.05) is 7.05 Å². The van der Waals surface area contributed by atoms with E-state index in [1.54, 1.807) is 13.1 Å². The van der Waals surface area contributed by atoms with Crippen molar-refractivity contribution in [3.8, 4) is 0 Å². The number of amides is 2. The van der Waals surface area contributed by atoms with Crippen molar-refractivity contribution < 1.29 is 19.5 Å². The van der Waals surface area contributed by atoms with Crippen LogP contribution in [0.5, 0.6) is 0 Å². The first-order valence-electron chi connectivity index (χ1n) is 12.7. The number of carbonyl (C=O) groups excluding carboxylic acids is 2. The standard InChI is InChI=1S/C29H44N4O4/c1-17(2)22(15-18(3)27(36)37)33(10)26(35)24(28(4,5)6)31-25(34)23(30)29(7,8)20-16-32(9)21-14-12-11-13-19(20)21/h11-17,22-24H,30H2,1-10H3,(H,31,34)(H,36,37)/b18-15+/t22-,23?,24-/m1/s1. The molecule has 2 amide bonds. The summed E-state index contributed by atoms with van der Waals surface area (Å²) in [5, 5.41) is 13.3. The number of hydrogen-bond acceptors (Lipinski definition) is 4. The predicted octanol–water partition coefficient (Wildman–Crippen LogP) is 3.83. The van der Waals surface area contributed by atoms with Gasteiger partial charge in [-0.05, 0) is 29.9 Å². The monoisotopic (exact) mass is 512 g/mol. The minimum atomic E-state index is -1.03. The van der Waals surface area contributed by atoms with Gasteiger partial charge < -0.3 is 25.6 Å². The molecule has 0 saturated heterocycles. The highest BCUT2D eigenvalue weighted by Crippen LogP contribution is 2.34. The van der Waals surface area contributed by atoms with Gasteiger partial charge in [-0.25, -0.2) is 4.79 Å². The zero-order chi connectivity index (χ0) is 28.5. The zero-order valence-electron chi connectivity index (χ0n) is 23.9. The number of nitrogens with two attached hydrogens (primary N) is 1. The molecule has 0 fully saturated rings. The third-order valence-corrected chi connectivity index (χ3v) is 7.29. The fraction of sp³-hybridized carbons (Fsp3) is 0.552. The summed E-state index contributed by atoms with van der Waals surface area (Å²) in [5.74, 6) is -1.79. The second kappa shape index (κ2) is 11.1. The Morgan fingerprint density at radius 1 is 1.11 bits per heavy atom. The first-order valence-corrected chi connectivity index (χ1v) is 12.7. The third-order valence-electron chi connectivity index (χ3n) is 7.29. The summed E-state index contributed by atoms with van der Waals surface area (Å²) in [4.78, 5) is 40.2. The summed E-state index contributed by atoms with van der Waals surface area (Å²) in [6, 6.07) is 5.74. The molecule has 8 nitrogen and oxygen atoms in total. The number of para-hydroxylation sites is 1. The molecule has 37 heavy (non-hydrogen) atoms. The van der Waals surface area contributed by atoms with Crippen LogP contribution >= 0.6 is 0 Å². The van der Waals surface area contributed by atoms with Gasteiger partial charge in [-0.3, -0.25) is 9.59 Å². The van der Waals surface area contributed by atoms with Crippen LogP contribution in [0.4, 0.5) is 0 Å². The lowest BCUT2D eigenvalue weighted by molar-refractivity contribution is -0.140. The molecular formula is C29H44N4O4. The van der Waals surface area contributed by atoms with Crippen LogP contribution in [0.3, 0.4) is 0 Å². The number of fused-ring (bicyclic) bond motifs is 1. The Hall–Kier alpha value is -3.13. The number of aliphatic carboxylic acids is 1. The summed E-state index contributed by atoms with van der Waals surface area (Å²) in [6.45, 7) is 14.9. The molecule has 3 atom stereocenters. The fourth-order valence-corrected chi connectivity index (χ4v) is 4.66. The van der Waals surface area contributed by atoms with E-state index in [2.05, 4.69) is 5.32 Å². The van der Waals surface area contributed by atoms with Crippen molar-refractivity contribution in [3.05, 3.63) is 47.7 Å². The number of carbonyl (C=O) groups is 3. The van der Waals surface area contributed by atoms with E-state index in [0.29, 0.717) is 0 Å². The van der Waals surface area contributed by atoms with Gasteiger partial charge in [-0.2, -0.15) is 0 Å². The number of aryl methyl sites for hydroxylation is 1. The Bertz CT molecular complexity index is 1190. The molecule has 1 unspecified atom stereocenters. The van der Waals surface area contributed by atoms with Gasteiger partial charge in [0.1, 0.15) is 6.04 Å². The molecule has 0 saturated carbocycles. The number of carboxylic acids is 1. The van der Waals surface area contributed by atoms with Gasteiger partial charge in [0.25, 0.3) is 0 Å². The van der Waals surface area contributed by atoms with E-state index in [0.717, 1.165) is 16.5 Å². The lowest BCUT2D eigenvalue weighted by Gasteiger charge is -2.39. The number of rotatable bonds is 9. The average molecular weight is 513 g/mol. The second-order valence-corrected chi connectivity index (χ2v) is 12.0. The maximum absolute atomic E-state index is 13.7. The first kappa shape index (κ1) is 30.1. The molecule has 4 N–H and O–H groups in total. The lowest BCUT2D eigenvalue weighted by Crippen LogP contribution is -2.61. The van der Waals surface area contributed by atoms with Crippen LogP contribution in [-0.4, -0.2) is 57.5 Å². The van der Waals surface area contributed by atoms with E-state index >= 15 is 0 Å². The lowest BCUT2D eigenvalue weighted by atomic mass is 9.77. The highest BCUT2D eigenvalue weighted by Gasteiger charge is 2.41. The van der Waals surface area contributed by atoms with Gasteiger partial charge in [-0.15, -0.1) is 0 Å². The molecule has 2 rings (SSSR count). The molecule has 204 valence electrons. The molecule has 1 heterocycles. The van der Waals surface area contributed by atoms with Gasteiger partial charge in [-0.1, -0.05) is 72.7 Å². The molecule has 2 aromatic rings. The van der Waals surface area contributed by atoms with Gasteiger partial charge in [0.2, 0.25) is 11.8 Å². The van der Waals surface area contributed by atoms with Crippen LogP contribution in [0.1, 0.15) is 61.0 Å². The number of nitrogens with one attached hydrogen (secondary N) is 1. The number of likely N-dealkylation sites (N-methyl/N-ethyl adjacent to an activating group) is 1. The van der Waals surface area contributed by atoms with Crippen molar-refractivity contribution in [1.82, 2.24) is 14.8 Å². The molecule has 0 radical (unpaired) electrons. The van der Waals surface area contributed by atoms with E-state index in [-0.39, 0.29) is 17.4 Å². The van der Waals surface area contributed by atoms with Crippen molar-refractivity contribution in [2.24, 2.45) is 24.1 Å². The van der Waals surface area contributed by atoms with Crippen molar-refractivity contribution in [3.63, 3.8) is 0 Å². The van der Waals surface area contributed by atoms with Gasteiger partial charge in [0.15, 0.2) is 0 Å². The van der Waals surface area contributed by atoms with Crippen molar-refractivity contribution in [2.45, 2.75) is 78.9 Å². The fourth-order valence-electron chi connectivity index (χ4n) is 4.66. The molecule has 0 spiro atoms. The molecule has 0 aliphatic rings. The Morgan fingerprint density at radius 3 is 2.19 bits per heavy atom. The van der Waals surface area contributed by atoms with Crippen molar-refractivity contribution in [1.29, 1.82) is 0 Å². The number of benzene rings is 1. The van der Waals surface area contributed by atoms with Crippen LogP contribution in [-0.2, 0) is 26.8 Å². The maximum atomic E-state index is 13.7. The summed E-state index contributed by atoms with van der Waals surface area (Å²) in [7, 11) is 3.60. The topological polar surface area (TPSA) is 118 Å². The Morgan fingerprint density at radius 2 is 1.68 bits per heavy atom. The van der Waals surface area contributed by atoms with Gasteiger partial charge in [0, 0.05) is 42.2 Å². The van der Waals surface area contributed by atoms with E-state index in [9.17, 15) is 19.5 Å². The number of aromatic nitrogens is 1. The number of carboxylic acid groups (broad SMARTS) is 1. The molecule has 1 aromatic heterocycles. The van der Waals surface area contributed by atoms with Crippen LogP contribution in [0.25, 0.3) is 10.9 Å². The molecular weight excluding hydrogens is 468 g/mol.